The third-order valence-electron chi connectivity index (χ3n) is 5.51. The number of Topliss-reactive ketones (excluding diaryl/α,β-unsaturated/α-hetero) is 1. The smallest absolute Gasteiger partial charge is 0.226 e. The average Bonchev–Trinajstić information content (AvgIpc) is 3.17. The molecule has 1 aromatic carbocycles. The molecule has 0 saturated carbocycles. The van der Waals surface area contributed by atoms with Crippen LogP contribution in [0, 0.1) is 0 Å². The Morgan fingerprint density at radius 3 is 2.69 bits per heavy atom. The fraction of sp³-hybridized carbons (Fsp3) is 0.273. The standard InChI is InChI=1S/C22H22N6O/c1-27(2)16-10-8-14(9-11-16)21-25-22-24-17-6-3-7-18(29)19(17)20(28(22)26-21)15-5-4-12-23-13-15/h4-5,8-13,20H,3,6-7H2,1-2H3,(H,24,25,26)/t20-/m1/s1. The number of carbonyl (C=O) groups is 1. The number of hydrogen-bond donors (Lipinski definition) is 1. The number of hydrogen-bond acceptors (Lipinski definition) is 6. The number of rotatable bonds is 3. The molecule has 7 nitrogen and oxygen atoms in total. The largest absolute Gasteiger partial charge is 0.378 e. The van der Waals surface area contributed by atoms with Crippen molar-refractivity contribution in [3.8, 4) is 11.4 Å². The summed E-state index contributed by atoms with van der Waals surface area (Å²) in [4.78, 5) is 23.9. The zero-order valence-corrected chi connectivity index (χ0v) is 16.5. The predicted molar refractivity (Wildman–Crippen MR) is 112 cm³/mol. The lowest BCUT2D eigenvalue weighted by Crippen LogP contribution is -2.31. The van der Waals surface area contributed by atoms with Crippen LogP contribution in [0.2, 0.25) is 0 Å². The van der Waals surface area contributed by atoms with Crippen LogP contribution < -0.4 is 10.2 Å². The van der Waals surface area contributed by atoms with Crippen molar-refractivity contribution in [3.05, 3.63) is 65.6 Å². The van der Waals surface area contributed by atoms with E-state index in [0.29, 0.717) is 18.2 Å². The number of pyridine rings is 1. The monoisotopic (exact) mass is 386 g/mol. The fourth-order valence-electron chi connectivity index (χ4n) is 4.03. The van der Waals surface area contributed by atoms with Gasteiger partial charge < -0.3 is 10.2 Å². The number of fused-ring (bicyclic) bond motifs is 1. The number of nitrogens with one attached hydrogen (secondary N) is 1. The minimum absolute atomic E-state index is 0.172. The minimum Gasteiger partial charge on any atom is -0.378 e. The summed E-state index contributed by atoms with van der Waals surface area (Å²) >= 11 is 0. The van der Waals surface area contributed by atoms with Gasteiger partial charge in [-0.15, -0.1) is 5.10 Å². The summed E-state index contributed by atoms with van der Waals surface area (Å²) in [5.74, 6) is 1.48. The van der Waals surface area contributed by atoms with Gasteiger partial charge in [0.15, 0.2) is 11.6 Å². The number of nitrogens with zero attached hydrogens (tertiary/aromatic N) is 5. The van der Waals surface area contributed by atoms with Gasteiger partial charge >= 0.3 is 0 Å². The van der Waals surface area contributed by atoms with Crippen LogP contribution in [0.1, 0.15) is 30.9 Å². The second-order valence-corrected chi connectivity index (χ2v) is 7.63. The highest BCUT2D eigenvalue weighted by Gasteiger charge is 2.36. The molecule has 0 radical (unpaired) electrons. The molecule has 7 heteroatoms. The Morgan fingerprint density at radius 1 is 1.14 bits per heavy atom. The van der Waals surface area contributed by atoms with Crippen LogP contribution in [-0.4, -0.2) is 39.6 Å². The van der Waals surface area contributed by atoms with Gasteiger partial charge in [-0.3, -0.25) is 9.78 Å². The van der Waals surface area contributed by atoms with E-state index in [9.17, 15) is 4.79 Å². The van der Waals surface area contributed by atoms with E-state index < -0.39 is 0 Å². The van der Waals surface area contributed by atoms with Gasteiger partial charge in [-0.1, -0.05) is 6.07 Å². The highest BCUT2D eigenvalue weighted by Crippen LogP contribution is 2.40. The number of anilines is 2. The molecule has 5 rings (SSSR count). The number of allylic oxidation sites excluding steroid dienone is 2. The van der Waals surface area contributed by atoms with Crippen LogP contribution in [0.25, 0.3) is 11.4 Å². The number of aromatic nitrogens is 4. The van der Waals surface area contributed by atoms with Gasteiger partial charge in [0.1, 0.15) is 6.04 Å². The van der Waals surface area contributed by atoms with Gasteiger partial charge in [0, 0.05) is 55.4 Å². The molecular formula is C22H22N6O. The van der Waals surface area contributed by atoms with E-state index in [1.54, 1.807) is 12.4 Å². The van der Waals surface area contributed by atoms with E-state index in [-0.39, 0.29) is 11.8 Å². The first kappa shape index (κ1) is 17.6. The molecule has 1 aliphatic heterocycles. The first-order valence-corrected chi connectivity index (χ1v) is 9.79. The van der Waals surface area contributed by atoms with Crippen LogP contribution in [0.4, 0.5) is 11.6 Å². The lowest BCUT2D eigenvalue weighted by Gasteiger charge is -2.31. The molecule has 0 bridgehead atoms. The maximum Gasteiger partial charge on any atom is 0.226 e. The fourth-order valence-corrected chi connectivity index (χ4v) is 4.03. The van der Waals surface area contributed by atoms with Crippen LogP contribution in [0.5, 0.6) is 0 Å². The molecule has 1 atom stereocenters. The molecule has 0 spiro atoms. The molecule has 29 heavy (non-hydrogen) atoms. The van der Waals surface area contributed by atoms with Crippen molar-refractivity contribution in [1.82, 2.24) is 19.7 Å². The van der Waals surface area contributed by atoms with E-state index in [2.05, 4.69) is 15.2 Å². The Kier molecular flexibility index (Phi) is 4.16. The SMILES string of the molecule is CN(C)c1ccc(-c2nc3n(n2)[C@H](c2cccnc2)C2=C(CCCC2=O)N3)cc1. The first-order valence-electron chi connectivity index (χ1n) is 9.79. The average molecular weight is 386 g/mol. The summed E-state index contributed by atoms with van der Waals surface area (Å²) in [6, 6.07) is 11.7. The molecule has 0 amide bonds. The summed E-state index contributed by atoms with van der Waals surface area (Å²) in [6.07, 6.45) is 5.82. The van der Waals surface area contributed by atoms with E-state index in [0.717, 1.165) is 40.9 Å². The Hall–Kier alpha value is -3.48. The van der Waals surface area contributed by atoms with Crippen molar-refractivity contribution in [2.24, 2.45) is 0 Å². The van der Waals surface area contributed by atoms with Crippen LogP contribution in [0.15, 0.2) is 60.1 Å². The second kappa shape index (κ2) is 6.84. The Labute approximate surface area is 169 Å². The molecule has 2 aromatic heterocycles. The van der Waals surface area contributed by atoms with Crippen LogP contribution in [0.3, 0.4) is 0 Å². The molecule has 146 valence electrons. The van der Waals surface area contributed by atoms with Gasteiger partial charge in [0.05, 0.1) is 0 Å². The number of carbonyl (C=O) groups excluding carboxylic acids is 1. The summed E-state index contributed by atoms with van der Waals surface area (Å²) in [5, 5.41) is 8.16. The van der Waals surface area contributed by atoms with Crippen molar-refractivity contribution in [1.29, 1.82) is 0 Å². The van der Waals surface area contributed by atoms with Crippen molar-refractivity contribution >= 4 is 17.4 Å². The summed E-state index contributed by atoms with van der Waals surface area (Å²) in [5.41, 5.74) is 4.75. The molecule has 0 fully saturated rings. The lowest BCUT2D eigenvalue weighted by molar-refractivity contribution is -0.116. The minimum atomic E-state index is -0.301. The number of benzene rings is 1. The highest BCUT2D eigenvalue weighted by atomic mass is 16.1. The first-order chi connectivity index (χ1) is 14.1. The highest BCUT2D eigenvalue weighted by molar-refractivity contribution is 5.99. The van der Waals surface area contributed by atoms with Gasteiger partial charge in [-0.2, -0.15) is 4.98 Å². The predicted octanol–water partition coefficient (Wildman–Crippen LogP) is 3.43. The van der Waals surface area contributed by atoms with E-state index in [4.69, 9.17) is 10.1 Å². The van der Waals surface area contributed by atoms with Gasteiger partial charge in [0.25, 0.3) is 0 Å². The van der Waals surface area contributed by atoms with E-state index >= 15 is 0 Å². The van der Waals surface area contributed by atoms with Gasteiger partial charge in [-0.25, -0.2) is 4.68 Å². The molecule has 0 saturated heterocycles. The molecule has 2 aliphatic rings. The lowest BCUT2D eigenvalue weighted by atomic mass is 9.86. The Morgan fingerprint density at radius 2 is 1.97 bits per heavy atom. The summed E-state index contributed by atoms with van der Waals surface area (Å²) in [7, 11) is 4.02. The molecule has 3 aromatic rings. The van der Waals surface area contributed by atoms with Crippen LogP contribution in [-0.2, 0) is 4.79 Å². The zero-order valence-electron chi connectivity index (χ0n) is 16.5. The quantitative estimate of drug-likeness (QED) is 0.743. The Balaban J connectivity index is 1.61. The van der Waals surface area contributed by atoms with Gasteiger partial charge in [-0.05, 0) is 48.7 Å². The summed E-state index contributed by atoms with van der Waals surface area (Å²) < 4.78 is 1.83. The van der Waals surface area contributed by atoms with Crippen molar-refractivity contribution in [3.63, 3.8) is 0 Å². The molecule has 1 aliphatic carbocycles. The van der Waals surface area contributed by atoms with Crippen molar-refractivity contribution in [2.75, 3.05) is 24.3 Å². The molecular weight excluding hydrogens is 364 g/mol. The maximum absolute atomic E-state index is 12.8. The topological polar surface area (TPSA) is 75.9 Å². The second-order valence-electron chi connectivity index (χ2n) is 7.63. The molecule has 1 N–H and O–H groups in total. The summed E-state index contributed by atoms with van der Waals surface area (Å²) in [6.45, 7) is 0. The third-order valence-corrected chi connectivity index (χ3v) is 5.51. The van der Waals surface area contributed by atoms with E-state index in [1.165, 1.54) is 0 Å². The van der Waals surface area contributed by atoms with Gasteiger partial charge in [0.2, 0.25) is 5.95 Å². The van der Waals surface area contributed by atoms with Crippen LogP contribution >= 0.6 is 0 Å². The number of ketones is 1. The van der Waals surface area contributed by atoms with Crippen molar-refractivity contribution < 1.29 is 4.79 Å². The normalized spacial score (nSPS) is 18.1. The van der Waals surface area contributed by atoms with Crippen molar-refractivity contribution in [2.45, 2.75) is 25.3 Å². The maximum atomic E-state index is 12.8. The Bertz CT molecular complexity index is 1100. The molecule has 0 unspecified atom stereocenters. The zero-order chi connectivity index (χ0) is 20.0. The third kappa shape index (κ3) is 2.99. The molecule has 3 heterocycles. The van der Waals surface area contributed by atoms with E-state index in [1.807, 2.05) is 55.2 Å².